The van der Waals surface area contributed by atoms with Gasteiger partial charge in [-0.3, -0.25) is 4.79 Å². The summed E-state index contributed by atoms with van der Waals surface area (Å²) in [5, 5.41) is 3.82. The van der Waals surface area contributed by atoms with E-state index < -0.39 is 0 Å². The summed E-state index contributed by atoms with van der Waals surface area (Å²) in [4.78, 5) is 11.4. The first-order valence-corrected chi connectivity index (χ1v) is 6.21. The summed E-state index contributed by atoms with van der Waals surface area (Å²) >= 11 is 3.39. The van der Waals surface area contributed by atoms with Crippen molar-refractivity contribution in [1.82, 2.24) is 0 Å². The first kappa shape index (κ1) is 12.2. The molecule has 1 N–H and O–H groups in total. The van der Waals surface area contributed by atoms with Crippen LogP contribution in [0.1, 0.15) is 19.4 Å². The lowest BCUT2D eigenvalue weighted by Gasteiger charge is -2.08. The summed E-state index contributed by atoms with van der Waals surface area (Å²) in [5.41, 5.74) is 2.14. The fraction of sp³-hybridized carbons (Fsp3) is 0.417. The van der Waals surface area contributed by atoms with Crippen LogP contribution >= 0.6 is 15.9 Å². The van der Waals surface area contributed by atoms with Crippen molar-refractivity contribution in [2.45, 2.75) is 20.3 Å². The number of rotatable bonds is 4. The number of nitrogens with one attached hydrogen (secondary N) is 1. The molecule has 2 nitrogen and oxygen atoms in total. The Balaban J connectivity index is 2.60. The van der Waals surface area contributed by atoms with E-state index in [9.17, 15) is 4.79 Å². The van der Waals surface area contributed by atoms with E-state index in [1.54, 1.807) is 0 Å². The van der Waals surface area contributed by atoms with Gasteiger partial charge < -0.3 is 5.32 Å². The van der Waals surface area contributed by atoms with Crippen molar-refractivity contribution in [3.05, 3.63) is 29.8 Å². The van der Waals surface area contributed by atoms with Crippen molar-refractivity contribution < 1.29 is 4.79 Å². The second kappa shape index (κ2) is 5.91. The SMILES string of the molecule is CC(C)C(=O)Nc1ccc(CCBr)cc1. The highest BCUT2D eigenvalue weighted by Gasteiger charge is 2.06. The van der Waals surface area contributed by atoms with E-state index in [4.69, 9.17) is 0 Å². The molecule has 0 atom stereocenters. The molecule has 3 heteroatoms. The lowest BCUT2D eigenvalue weighted by atomic mass is 10.1. The van der Waals surface area contributed by atoms with Crippen molar-refractivity contribution in [3.63, 3.8) is 0 Å². The highest BCUT2D eigenvalue weighted by molar-refractivity contribution is 9.09. The summed E-state index contributed by atoms with van der Waals surface area (Å²) in [7, 11) is 0. The van der Waals surface area contributed by atoms with E-state index in [0.717, 1.165) is 17.4 Å². The molecule has 1 aromatic rings. The maximum Gasteiger partial charge on any atom is 0.226 e. The number of halogens is 1. The van der Waals surface area contributed by atoms with Crippen molar-refractivity contribution in [2.75, 3.05) is 10.6 Å². The van der Waals surface area contributed by atoms with Crippen LogP contribution in [0.3, 0.4) is 0 Å². The predicted molar refractivity (Wildman–Crippen MR) is 67.4 cm³/mol. The van der Waals surface area contributed by atoms with Crippen molar-refractivity contribution in [1.29, 1.82) is 0 Å². The third-order valence-electron chi connectivity index (χ3n) is 2.13. The Morgan fingerprint density at radius 3 is 2.40 bits per heavy atom. The van der Waals surface area contributed by atoms with E-state index >= 15 is 0 Å². The van der Waals surface area contributed by atoms with Gasteiger partial charge >= 0.3 is 0 Å². The summed E-state index contributed by atoms with van der Waals surface area (Å²) in [6.07, 6.45) is 1.01. The Morgan fingerprint density at radius 2 is 1.93 bits per heavy atom. The molecule has 0 aliphatic carbocycles. The van der Waals surface area contributed by atoms with E-state index in [0.29, 0.717) is 0 Å². The Bertz CT molecular complexity index is 319. The zero-order chi connectivity index (χ0) is 11.3. The molecule has 0 radical (unpaired) electrons. The molecular weight excluding hydrogens is 254 g/mol. The van der Waals surface area contributed by atoms with E-state index in [2.05, 4.69) is 21.2 Å². The third kappa shape index (κ3) is 4.04. The molecule has 15 heavy (non-hydrogen) atoms. The second-order valence-corrected chi connectivity index (χ2v) is 4.57. The Kier molecular flexibility index (Phi) is 4.82. The smallest absolute Gasteiger partial charge is 0.226 e. The highest BCUT2D eigenvalue weighted by Crippen LogP contribution is 2.11. The quantitative estimate of drug-likeness (QED) is 0.836. The minimum absolute atomic E-state index is 0.0206. The molecule has 1 aromatic carbocycles. The molecule has 0 bridgehead atoms. The van der Waals surface area contributed by atoms with Crippen LogP contribution in [0, 0.1) is 5.92 Å². The van der Waals surface area contributed by atoms with Crippen LogP contribution in [0.2, 0.25) is 0 Å². The van der Waals surface area contributed by atoms with Crippen LogP contribution in [0.25, 0.3) is 0 Å². The monoisotopic (exact) mass is 269 g/mol. The summed E-state index contributed by atoms with van der Waals surface area (Å²) in [6.45, 7) is 3.77. The van der Waals surface area contributed by atoms with Gasteiger partial charge in [0, 0.05) is 16.9 Å². The van der Waals surface area contributed by atoms with Gasteiger partial charge in [0.2, 0.25) is 5.91 Å². The molecule has 0 spiro atoms. The molecule has 0 saturated carbocycles. The molecule has 1 amide bonds. The maximum atomic E-state index is 11.4. The van der Waals surface area contributed by atoms with Crippen molar-refractivity contribution >= 4 is 27.5 Å². The highest BCUT2D eigenvalue weighted by atomic mass is 79.9. The van der Waals surface area contributed by atoms with Gasteiger partial charge in [-0.1, -0.05) is 41.9 Å². The first-order chi connectivity index (χ1) is 7.13. The first-order valence-electron chi connectivity index (χ1n) is 5.09. The molecule has 0 aromatic heterocycles. The normalized spacial score (nSPS) is 10.4. The number of anilines is 1. The van der Waals surface area contributed by atoms with E-state index in [1.165, 1.54) is 5.56 Å². The zero-order valence-corrected chi connectivity index (χ0v) is 10.7. The van der Waals surface area contributed by atoms with Crippen LogP contribution in [0.4, 0.5) is 5.69 Å². The summed E-state index contributed by atoms with van der Waals surface area (Å²) < 4.78 is 0. The Hall–Kier alpha value is -0.830. The largest absolute Gasteiger partial charge is 0.326 e. The number of hydrogen-bond acceptors (Lipinski definition) is 1. The average Bonchev–Trinajstić information content (AvgIpc) is 2.21. The van der Waals surface area contributed by atoms with Crippen molar-refractivity contribution in [3.8, 4) is 0 Å². The van der Waals surface area contributed by atoms with Gasteiger partial charge in [0.15, 0.2) is 0 Å². The number of aryl methyl sites for hydroxylation is 1. The predicted octanol–water partition coefficient (Wildman–Crippen LogP) is 3.22. The Morgan fingerprint density at radius 1 is 1.33 bits per heavy atom. The fourth-order valence-electron chi connectivity index (χ4n) is 1.15. The number of alkyl halides is 1. The van der Waals surface area contributed by atoms with Gasteiger partial charge in [-0.25, -0.2) is 0 Å². The van der Waals surface area contributed by atoms with Gasteiger partial charge in [0.05, 0.1) is 0 Å². The number of hydrogen-bond donors (Lipinski definition) is 1. The number of carbonyl (C=O) groups is 1. The van der Waals surface area contributed by atoms with E-state index in [1.807, 2.05) is 38.1 Å². The number of carbonyl (C=O) groups excluding carboxylic acids is 1. The molecule has 0 heterocycles. The van der Waals surface area contributed by atoms with Crippen LogP contribution < -0.4 is 5.32 Å². The van der Waals surface area contributed by atoms with Gasteiger partial charge in [-0.15, -0.1) is 0 Å². The van der Waals surface area contributed by atoms with Crippen molar-refractivity contribution in [2.24, 2.45) is 5.92 Å². The molecule has 0 aliphatic rings. The van der Waals surface area contributed by atoms with E-state index in [-0.39, 0.29) is 11.8 Å². The zero-order valence-electron chi connectivity index (χ0n) is 9.09. The van der Waals surface area contributed by atoms with Gasteiger partial charge in [-0.05, 0) is 24.1 Å². The standard InChI is InChI=1S/C12H16BrNO/c1-9(2)12(15)14-11-5-3-10(4-6-11)7-8-13/h3-6,9H,7-8H2,1-2H3,(H,14,15). The number of benzene rings is 1. The van der Waals surface area contributed by atoms with Gasteiger partial charge in [-0.2, -0.15) is 0 Å². The fourth-order valence-corrected chi connectivity index (χ4v) is 1.61. The van der Waals surface area contributed by atoms with Gasteiger partial charge in [0.1, 0.15) is 0 Å². The molecule has 1 rings (SSSR count). The maximum absolute atomic E-state index is 11.4. The second-order valence-electron chi connectivity index (χ2n) is 3.78. The summed E-state index contributed by atoms with van der Waals surface area (Å²) in [6, 6.07) is 7.96. The average molecular weight is 270 g/mol. The lowest BCUT2D eigenvalue weighted by molar-refractivity contribution is -0.118. The van der Waals surface area contributed by atoms with Crippen LogP contribution in [0.5, 0.6) is 0 Å². The lowest BCUT2D eigenvalue weighted by Crippen LogP contribution is -2.17. The minimum Gasteiger partial charge on any atom is -0.326 e. The minimum atomic E-state index is 0.0206. The molecule has 82 valence electrons. The Labute approximate surface area is 99.2 Å². The molecule has 0 saturated heterocycles. The van der Waals surface area contributed by atoms with Crippen LogP contribution in [0.15, 0.2) is 24.3 Å². The van der Waals surface area contributed by atoms with Gasteiger partial charge in [0.25, 0.3) is 0 Å². The van der Waals surface area contributed by atoms with Crippen LogP contribution in [-0.4, -0.2) is 11.2 Å². The topological polar surface area (TPSA) is 29.1 Å². The molecular formula is C12H16BrNO. The molecule has 0 aliphatic heterocycles. The molecule has 0 fully saturated rings. The summed E-state index contributed by atoms with van der Waals surface area (Å²) in [5.74, 6) is 0.0791. The van der Waals surface area contributed by atoms with Crippen LogP contribution in [-0.2, 0) is 11.2 Å². The number of amides is 1. The molecule has 0 unspecified atom stereocenters. The third-order valence-corrected chi connectivity index (χ3v) is 2.53.